The lowest BCUT2D eigenvalue weighted by Crippen LogP contribution is -2.32. The van der Waals surface area contributed by atoms with Crippen molar-refractivity contribution in [1.29, 1.82) is 0 Å². The van der Waals surface area contributed by atoms with Crippen molar-refractivity contribution < 1.29 is 19.7 Å². The second-order valence-corrected chi connectivity index (χ2v) is 8.46. The summed E-state index contributed by atoms with van der Waals surface area (Å²) in [5, 5.41) is 25.2. The standard InChI is InChI=1S/C18H23N7O4S/c1-9-4-19-18(23-9)30-6-11-13(26)14(27)17(29-11)25-8-22-12-15(20-7-21-16(12)25)24-10-2-3-28-5-10/h4,7-8,10-11,13-14,17,26-27H,2-3,5-6H2,1H3,(H,19,23)(H,20,21,24)/t10-,11+,13+,14+,17+/m0/s1. The fourth-order valence-electron chi connectivity index (χ4n) is 3.71. The SMILES string of the molecule is Cc1c[nH]c(SC[C@H]2O[C@@H](n3cnc4c(N[C@H]5CCOC5)ncnc43)[C@H](O)[C@@H]2O)n1. The minimum absolute atomic E-state index is 0.176. The van der Waals surface area contributed by atoms with Crippen molar-refractivity contribution in [1.82, 2.24) is 29.5 Å². The van der Waals surface area contributed by atoms with Crippen LogP contribution in [0, 0.1) is 6.92 Å². The summed E-state index contributed by atoms with van der Waals surface area (Å²) in [4.78, 5) is 20.5. The molecule has 30 heavy (non-hydrogen) atoms. The first kappa shape index (κ1) is 19.7. The summed E-state index contributed by atoms with van der Waals surface area (Å²) in [5.41, 5.74) is 2.00. The van der Waals surface area contributed by atoms with E-state index in [0.717, 1.165) is 23.9 Å². The molecular weight excluding hydrogens is 410 g/mol. The normalized spacial score (nSPS) is 29.1. The molecule has 11 nitrogen and oxygen atoms in total. The van der Waals surface area contributed by atoms with Crippen molar-refractivity contribution >= 4 is 28.7 Å². The zero-order chi connectivity index (χ0) is 20.7. The summed E-state index contributed by atoms with van der Waals surface area (Å²) >= 11 is 1.43. The lowest BCUT2D eigenvalue weighted by Gasteiger charge is -2.17. The van der Waals surface area contributed by atoms with E-state index in [1.165, 1.54) is 18.1 Å². The number of hydrogen-bond donors (Lipinski definition) is 4. The van der Waals surface area contributed by atoms with Gasteiger partial charge in [-0.05, 0) is 13.3 Å². The third kappa shape index (κ3) is 3.65. The van der Waals surface area contributed by atoms with E-state index < -0.39 is 24.5 Å². The van der Waals surface area contributed by atoms with Gasteiger partial charge in [0.05, 0.1) is 30.8 Å². The molecule has 5 rings (SSSR count). The second kappa shape index (κ2) is 8.12. The topological polar surface area (TPSA) is 143 Å². The van der Waals surface area contributed by atoms with Gasteiger partial charge >= 0.3 is 0 Å². The van der Waals surface area contributed by atoms with Gasteiger partial charge in [-0.2, -0.15) is 0 Å². The maximum absolute atomic E-state index is 10.6. The summed E-state index contributed by atoms with van der Waals surface area (Å²) < 4.78 is 13.0. The third-order valence-electron chi connectivity index (χ3n) is 5.31. The minimum Gasteiger partial charge on any atom is -0.387 e. The Bertz CT molecular complexity index is 1020. The van der Waals surface area contributed by atoms with Crippen LogP contribution in [0.1, 0.15) is 18.3 Å². The average molecular weight is 433 g/mol. The van der Waals surface area contributed by atoms with Crippen LogP contribution in [-0.4, -0.2) is 83.0 Å². The highest BCUT2D eigenvalue weighted by atomic mass is 32.2. The summed E-state index contributed by atoms with van der Waals surface area (Å²) in [6, 6.07) is 0.176. The van der Waals surface area contributed by atoms with Crippen LogP contribution in [0.15, 0.2) is 24.0 Å². The number of anilines is 1. The van der Waals surface area contributed by atoms with Crippen LogP contribution in [0.25, 0.3) is 11.2 Å². The van der Waals surface area contributed by atoms with E-state index in [2.05, 4.69) is 30.2 Å². The molecule has 0 radical (unpaired) electrons. The van der Waals surface area contributed by atoms with Gasteiger partial charge in [0, 0.05) is 18.6 Å². The number of rotatable bonds is 6. The van der Waals surface area contributed by atoms with Gasteiger partial charge in [-0.3, -0.25) is 4.57 Å². The van der Waals surface area contributed by atoms with Gasteiger partial charge in [0.25, 0.3) is 0 Å². The molecule has 5 atom stereocenters. The summed E-state index contributed by atoms with van der Waals surface area (Å²) in [6.07, 6.45) is 2.21. The fraction of sp³-hybridized carbons (Fsp3) is 0.556. The first-order valence-electron chi connectivity index (χ1n) is 9.78. The van der Waals surface area contributed by atoms with Crippen LogP contribution in [0.2, 0.25) is 0 Å². The molecule has 2 aliphatic rings. The Balaban J connectivity index is 1.34. The van der Waals surface area contributed by atoms with Crippen LogP contribution in [0.3, 0.4) is 0 Å². The first-order chi connectivity index (χ1) is 14.6. The van der Waals surface area contributed by atoms with Crippen molar-refractivity contribution in [3.05, 3.63) is 24.5 Å². The van der Waals surface area contributed by atoms with E-state index in [9.17, 15) is 10.2 Å². The summed E-state index contributed by atoms with van der Waals surface area (Å²) in [7, 11) is 0. The molecule has 0 aromatic carbocycles. The zero-order valence-corrected chi connectivity index (χ0v) is 17.1. The van der Waals surface area contributed by atoms with E-state index in [-0.39, 0.29) is 6.04 Å². The number of nitrogens with one attached hydrogen (secondary N) is 2. The number of imidazole rings is 2. The molecule has 3 aromatic rings. The predicted octanol–water partition coefficient (Wildman–Crippen LogP) is 0.470. The van der Waals surface area contributed by atoms with Gasteiger partial charge in [-0.1, -0.05) is 11.8 Å². The molecule has 0 saturated carbocycles. The quantitative estimate of drug-likeness (QED) is 0.405. The molecule has 12 heteroatoms. The average Bonchev–Trinajstić information content (AvgIpc) is 3.52. The van der Waals surface area contributed by atoms with Crippen molar-refractivity contribution in [2.45, 2.75) is 49.1 Å². The van der Waals surface area contributed by atoms with Gasteiger partial charge in [0.2, 0.25) is 0 Å². The summed E-state index contributed by atoms with van der Waals surface area (Å²) in [5.74, 6) is 1.06. The number of nitrogens with zero attached hydrogens (tertiary/aromatic N) is 5. The Morgan fingerprint density at radius 1 is 1.30 bits per heavy atom. The Kier molecular flexibility index (Phi) is 5.33. The number of thioether (sulfide) groups is 1. The third-order valence-corrected chi connectivity index (χ3v) is 6.29. The van der Waals surface area contributed by atoms with Gasteiger partial charge in [-0.15, -0.1) is 0 Å². The van der Waals surface area contributed by atoms with Crippen LogP contribution in [0.5, 0.6) is 0 Å². The second-order valence-electron chi connectivity index (χ2n) is 7.46. The molecule has 0 spiro atoms. The molecule has 160 valence electrons. The maximum atomic E-state index is 10.6. The van der Waals surface area contributed by atoms with E-state index in [1.54, 1.807) is 10.9 Å². The molecule has 0 amide bonds. The monoisotopic (exact) mass is 433 g/mol. The smallest absolute Gasteiger partial charge is 0.167 e. The lowest BCUT2D eigenvalue weighted by atomic mass is 10.1. The van der Waals surface area contributed by atoms with Gasteiger partial charge < -0.3 is 30.0 Å². The number of aromatic nitrogens is 6. The Hall–Kier alpha value is -2.25. The number of aliphatic hydroxyl groups is 2. The van der Waals surface area contributed by atoms with Crippen LogP contribution in [-0.2, 0) is 9.47 Å². The number of aromatic amines is 1. The molecule has 0 aliphatic carbocycles. The molecule has 2 saturated heterocycles. The van der Waals surface area contributed by atoms with Crippen LogP contribution < -0.4 is 5.32 Å². The van der Waals surface area contributed by atoms with Crippen molar-refractivity contribution in [3.8, 4) is 0 Å². The number of fused-ring (bicyclic) bond motifs is 1. The van der Waals surface area contributed by atoms with E-state index in [0.29, 0.717) is 29.3 Å². The minimum atomic E-state index is -1.11. The van der Waals surface area contributed by atoms with Crippen molar-refractivity contribution in [3.63, 3.8) is 0 Å². The van der Waals surface area contributed by atoms with Gasteiger partial charge in [-0.25, -0.2) is 19.9 Å². The number of H-pyrrole nitrogens is 1. The molecule has 2 aliphatic heterocycles. The highest BCUT2D eigenvalue weighted by Crippen LogP contribution is 2.34. The molecule has 2 fully saturated rings. The zero-order valence-electron chi connectivity index (χ0n) is 16.3. The van der Waals surface area contributed by atoms with E-state index >= 15 is 0 Å². The predicted molar refractivity (Wildman–Crippen MR) is 108 cm³/mol. The molecule has 4 N–H and O–H groups in total. The Labute approximate surface area is 176 Å². The first-order valence-corrected chi connectivity index (χ1v) is 10.8. The molecular formula is C18H23N7O4S. The molecule has 0 bridgehead atoms. The van der Waals surface area contributed by atoms with Crippen LogP contribution in [0.4, 0.5) is 5.82 Å². The number of hydrogen-bond acceptors (Lipinski definition) is 10. The molecule has 0 unspecified atom stereocenters. The largest absolute Gasteiger partial charge is 0.387 e. The Morgan fingerprint density at radius 2 is 2.20 bits per heavy atom. The number of aliphatic hydroxyl groups excluding tert-OH is 2. The van der Waals surface area contributed by atoms with Crippen molar-refractivity contribution in [2.24, 2.45) is 0 Å². The fourth-order valence-corrected chi connectivity index (χ4v) is 4.66. The highest BCUT2D eigenvalue weighted by molar-refractivity contribution is 7.99. The lowest BCUT2D eigenvalue weighted by molar-refractivity contribution is -0.0289. The van der Waals surface area contributed by atoms with E-state index in [1.807, 2.05) is 13.1 Å². The van der Waals surface area contributed by atoms with Crippen LogP contribution >= 0.6 is 11.8 Å². The van der Waals surface area contributed by atoms with E-state index in [4.69, 9.17) is 9.47 Å². The maximum Gasteiger partial charge on any atom is 0.167 e. The molecule has 3 aromatic heterocycles. The molecule has 5 heterocycles. The van der Waals surface area contributed by atoms with Gasteiger partial charge in [0.15, 0.2) is 28.4 Å². The highest BCUT2D eigenvalue weighted by Gasteiger charge is 2.44. The number of aryl methyl sites for hydroxylation is 1. The number of ether oxygens (including phenoxy) is 2. The Morgan fingerprint density at radius 3 is 2.97 bits per heavy atom. The van der Waals surface area contributed by atoms with Gasteiger partial charge in [0.1, 0.15) is 18.5 Å². The summed E-state index contributed by atoms with van der Waals surface area (Å²) in [6.45, 7) is 3.24. The van der Waals surface area contributed by atoms with Crippen molar-refractivity contribution in [2.75, 3.05) is 24.3 Å².